The second-order valence-corrected chi connectivity index (χ2v) is 13.6. The number of primary sulfonamides is 1. The quantitative estimate of drug-likeness (QED) is 0.112. The molecule has 0 bridgehead atoms. The van der Waals surface area contributed by atoms with E-state index in [0.717, 1.165) is 44.0 Å². The van der Waals surface area contributed by atoms with Gasteiger partial charge in [-0.1, -0.05) is 42.5 Å². The summed E-state index contributed by atoms with van der Waals surface area (Å²) in [6, 6.07) is 21.6. The highest BCUT2D eigenvalue weighted by atomic mass is 32.2. The summed E-state index contributed by atoms with van der Waals surface area (Å²) in [5.41, 5.74) is 3.24. The van der Waals surface area contributed by atoms with Crippen molar-refractivity contribution in [3.05, 3.63) is 111 Å². The van der Waals surface area contributed by atoms with E-state index in [2.05, 4.69) is 34.1 Å². The van der Waals surface area contributed by atoms with Crippen molar-refractivity contribution in [1.29, 1.82) is 0 Å². The van der Waals surface area contributed by atoms with Gasteiger partial charge in [-0.15, -0.1) is 0 Å². The third-order valence-electron chi connectivity index (χ3n) is 8.68. The van der Waals surface area contributed by atoms with Crippen LogP contribution in [0, 0.1) is 16.0 Å². The van der Waals surface area contributed by atoms with Gasteiger partial charge in [-0.25, -0.2) is 28.3 Å². The molecule has 1 aromatic heterocycles. The van der Waals surface area contributed by atoms with Gasteiger partial charge in [0.15, 0.2) is 0 Å². The summed E-state index contributed by atoms with van der Waals surface area (Å²) < 4.78 is 34.1. The lowest BCUT2D eigenvalue weighted by Crippen LogP contribution is -2.35. The SMILES string of the molecule is COC(=O)c1cnc(N2CCC(Cc3ccccc3)CC2)nc1CCc1ccc(OCCN(C)c2ccc(S(N)(=O)=O)cc2[N+](=O)[O-])cc1. The standard InChI is InChI=1S/C35H40N6O7S/c1-39(32-15-13-29(49(36,45)46)23-33(32)41(43)44)20-21-48-28-11-8-25(9-12-28)10-14-31-30(34(42)47-2)24-37-35(38-31)40-18-16-27(17-19-40)22-26-6-4-3-5-7-26/h3-9,11-13,15,23-24,27H,10,14,16-22H2,1-2H3,(H2,36,45,46). The van der Waals surface area contributed by atoms with Crippen molar-refractivity contribution in [3.63, 3.8) is 0 Å². The van der Waals surface area contributed by atoms with Crippen LogP contribution in [0.25, 0.3) is 0 Å². The second-order valence-electron chi connectivity index (χ2n) is 12.0. The number of likely N-dealkylation sites (N-methyl/N-ethyl adjacent to an activating group) is 1. The van der Waals surface area contributed by atoms with Crippen LogP contribution in [-0.2, 0) is 34.0 Å². The smallest absolute Gasteiger partial charge is 0.341 e. The summed E-state index contributed by atoms with van der Waals surface area (Å²) in [6.07, 6.45) is 5.86. The van der Waals surface area contributed by atoms with Crippen molar-refractivity contribution >= 4 is 33.3 Å². The molecule has 1 aliphatic rings. The van der Waals surface area contributed by atoms with Gasteiger partial charge >= 0.3 is 5.97 Å². The zero-order valence-corrected chi connectivity index (χ0v) is 28.3. The Hall–Kier alpha value is -5.08. The van der Waals surface area contributed by atoms with Crippen molar-refractivity contribution in [2.75, 3.05) is 50.2 Å². The Bertz CT molecular complexity index is 1870. The molecule has 0 spiro atoms. The minimum Gasteiger partial charge on any atom is -0.492 e. The number of ether oxygens (including phenoxy) is 2. The first-order valence-corrected chi connectivity index (χ1v) is 17.5. The first-order chi connectivity index (χ1) is 23.5. The zero-order chi connectivity index (χ0) is 35.0. The van der Waals surface area contributed by atoms with Crippen molar-refractivity contribution in [2.45, 2.75) is 37.0 Å². The number of aryl methyl sites for hydroxylation is 2. The number of sulfonamides is 1. The molecule has 1 saturated heterocycles. The van der Waals surface area contributed by atoms with Crippen LogP contribution >= 0.6 is 0 Å². The molecule has 0 amide bonds. The monoisotopic (exact) mass is 688 g/mol. The predicted molar refractivity (Wildman–Crippen MR) is 186 cm³/mol. The fourth-order valence-corrected chi connectivity index (χ4v) is 6.43. The molecule has 13 nitrogen and oxygen atoms in total. The number of anilines is 2. The highest BCUT2D eigenvalue weighted by Gasteiger charge is 2.24. The Morgan fingerprint density at radius 1 is 1.04 bits per heavy atom. The van der Waals surface area contributed by atoms with E-state index in [0.29, 0.717) is 48.3 Å². The van der Waals surface area contributed by atoms with Crippen LogP contribution in [0.2, 0.25) is 0 Å². The fourth-order valence-electron chi connectivity index (χ4n) is 5.90. The number of esters is 1. The van der Waals surface area contributed by atoms with Crippen LogP contribution in [0.1, 0.15) is 40.0 Å². The molecule has 3 aromatic carbocycles. The first-order valence-electron chi connectivity index (χ1n) is 16.0. The summed E-state index contributed by atoms with van der Waals surface area (Å²) in [5, 5.41) is 16.7. The largest absolute Gasteiger partial charge is 0.492 e. The predicted octanol–water partition coefficient (Wildman–Crippen LogP) is 4.58. The van der Waals surface area contributed by atoms with Gasteiger partial charge in [0.2, 0.25) is 16.0 Å². The van der Waals surface area contributed by atoms with Crippen LogP contribution in [0.5, 0.6) is 5.75 Å². The number of hydrogen-bond acceptors (Lipinski definition) is 11. The molecule has 49 heavy (non-hydrogen) atoms. The number of nitrogens with two attached hydrogens (primary N) is 1. The number of benzene rings is 3. The van der Waals surface area contributed by atoms with Gasteiger partial charge in [-0.2, -0.15) is 0 Å². The number of carbonyl (C=O) groups excluding carboxylic acids is 1. The molecule has 14 heteroatoms. The summed E-state index contributed by atoms with van der Waals surface area (Å²) >= 11 is 0. The van der Waals surface area contributed by atoms with E-state index in [9.17, 15) is 23.3 Å². The Morgan fingerprint density at radius 3 is 2.41 bits per heavy atom. The van der Waals surface area contributed by atoms with Gasteiger partial charge < -0.3 is 19.3 Å². The molecule has 4 aromatic rings. The van der Waals surface area contributed by atoms with Gasteiger partial charge in [0, 0.05) is 32.4 Å². The zero-order valence-electron chi connectivity index (χ0n) is 27.5. The molecule has 0 atom stereocenters. The van der Waals surface area contributed by atoms with Crippen molar-refractivity contribution in [2.24, 2.45) is 11.1 Å². The summed E-state index contributed by atoms with van der Waals surface area (Å²) in [6.45, 7) is 2.23. The Morgan fingerprint density at radius 2 is 1.76 bits per heavy atom. The van der Waals surface area contributed by atoms with Crippen LogP contribution in [0.3, 0.4) is 0 Å². The number of nitrogens with zero attached hydrogens (tertiary/aromatic N) is 5. The summed E-state index contributed by atoms with van der Waals surface area (Å²) in [7, 11) is -1.08. The second kappa shape index (κ2) is 15.9. The minimum atomic E-state index is -4.08. The Kier molecular flexibility index (Phi) is 11.4. The molecule has 258 valence electrons. The van der Waals surface area contributed by atoms with Crippen molar-refractivity contribution in [3.8, 4) is 5.75 Å². The molecule has 2 heterocycles. The summed E-state index contributed by atoms with van der Waals surface area (Å²) in [4.78, 5) is 36.3. The van der Waals surface area contributed by atoms with Crippen molar-refractivity contribution in [1.82, 2.24) is 9.97 Å². The number of methoxy groups -OCH3 is 1. The maximum absolute atomic E-state index is 12.5. The molecule has 2 N–H and O–H groups in total. The van der Waals surface area contributed by atoms with Gasteiger partial charge in [0.25, 0.3) is 5.69 Å². The van der Waals surface area contributed by atoms with E-state index in [1.807, 2.05) is 30.3 Å². The Labute approximate surface area is 285 Å². The maximum atomic E-state index is 12.5. The van der Waals surface area contributed by atoms with E-state index in [4.69, 9.17) is 19.6 Å². The third-order valence-corrected chi connectivity index (χ3v) is 9.59. The topological polar surface area (TPSA) is 171 Å². The molecule has 0 aliphatic carbocycles. The average molecular weight is 689 g/mol. The van der Waals surface area contributed by atoms with Crippen LogP contribution in [0.4, 0.5) is 17.3 Å². The van der Waals surface area contributed by atoms with E-state index in [1.165, 1.54) is 24.8 Å². The lowest BCUT2D eigenvalue weighted by atomic mass is 9.90. The van der Waals surface area contributed by atoms with E-state index < -0.39 is 20.9 Å². The van der Waals surface area contributed by atoms with Gasteiger partial charge in [0.05, 0.1) is 34.7 Å². The highest BCUT2D eigenvalue weighted by Crippen LogP contribution is 2.30. The van der Waals surface area contributed by atoms with E-state index >= 15 is 0 Å². The number of nitro benzene ring substituents is 1. The molecule has 1 aliphatic heterocycles. The van der Waals surface area contributed by atoms with Crippen LogP contribution in [-0.4, -0.2) is 69.7 Å². The molecule has 0 saturated carbocycles. The van der Waals surface area contributed by atoms with E-state index in [1.54, 1.807) is 18.1 Å². The highest BCUT2D eigenvalue weighted by molar-refractivity contribution is 7.89. The molecule has 0 radical (unpaired) electrons. The van der Waals surface area contributed by atoms with Crippen LogP contribution < -0.4 is 19.7 Å². The number of rotatable bonds is 14. The summed E-state index contributed by atoms with van der Waals surface area (Å²) in [5.74, 6) is 1.38. The van der Waals surface area contributed by atoms with Gasteiger partial charge in [0.1, 0.15) is 18.0 Å². The number of hydrogen-bond donors (Lipinski definition) is 1. The molecule has 5 rings (SSSR count). The molecule has 1 fully saturated rings. The fraction of sp³-hybridized carbons (Fsp3) is 0.343. The van der Waals surface area contributed by atoms with Gasteiger partial charge in [-0.05, 0) is 73.4 Å². The normalized spacial score (nSPS) is 13.6. The maximum Gasteiger partial charge on any atom is 0.341 e. The lowest BCUT2D eigenvalue weighted by Gasteiger charge is -2.32. The first kappa shape index (κ1) is 35.2. The molecular weight excluding hydrogens is 648 g/mol. The Balaban J connectivity index is 1.16. The number of carbonyl (C=O) groups is 1. The number of aromatic nitrogens is 2. The lowest BCUT2D eigenvalue weighted by molar-refractivity contribution is -0.384. The van der Waals surface area contributed by atoms with Crippen LogP contribution in [0.15, 0.2) is 83.9 Å². The van der Waals surface area contributed by atoms with E-state index in [-0.39, 0.29) is 22.9 Å². The minimum absolute atomic E-state index is 0.222. The molecular formula is C35H40N6O7S. The molecule has 0 unspecified atom stereocenters. The van der Waals surface area contributed by atoms with Gasteiger partial charge in [-0.3, -0.25) is 10.1 Å². The third kappa shape index (κ3) is 9.30. The van der Waals surface area contributed by atoms with Crippen molar-refractivity contribution < 1.29 is 27.6 Å². The average Bonchev–Trinajstić information content (AvgIpc) is 3.11. The number of piperidine rings is 1. The number of nitro groups is 1.